The molecule has 216 valence electrons. The molecule has 1 aliphatic carbocycles. The summed E-state index contributed by atoms with van der Waals surface area (Å²) in [5.74, 6) is -3.24. The molecule has 3 aliphatic rings. The van der Waals surface area contributed by atoms with Crippen LogP contribution in [0.4, 0.5) is 23.4 Å². The molecule has 6 rings (SSSR count). The lowest BCUT2D eigenvalue weighted by molar-refractivity contribution is -0.192. The van der Waals surface area contributed by atoms with Crippen molar-refractivity contribution in [1.82, 2.24) is 19.7 Å². The zero-order chi connectivity index (χ0) is 29.7. The molecule has 40 heavy (non-hydrogen) atoms. The molecule has 1 aromatic carbocycles. The molecule has 4 heterocycles. The predicted molar refractivity (Wildman–Crippen MR) is 134 cm³/mol. The van der Waals surface area contributed by atoms with Crippen LogP contribution in [0.2, 0.25) is 0 Å². The highest BCUT2D eigenvalue weighted by molar-refractivity contribution is 7.89. The summed E-state index contributed by atoms with van der Waals surface area (Å²) in [4.78, 5) is 22.3. The number of nitrogens with zero attached hydrogens (tertiary/aromatic N) is 3. The van der Waals surface area contributed by atoms with Gasteiger partial charge in [-0.25, -0.2) is 37.3 Å². The first kappa shape index (κ1) is 29.7. The first-order valence-electron chi connectivity index (χ1n) is 11.4. The van der Waals surface area contributed by atoms with Gasteiger partial charge in [0.1, 0.15) is 11.5 Å². The van der Waals surface area contributed by atoms with Gasteiger partial charge in [-0.3, -0.25) is 0 Å². The second-order valence-electron chi connectivity index (χ2n) is 9.48. The average Bonchev–Trinajstić information content (AvgIpc) is 3.54. The number of fused-ring (bicyclic) bond motifs is 1. The van der Waals surface area contributed by atoms with E-state index < -0.39 is 39.1 Å². The number of aliphatic hydroxyl groups excluding tert-OH is 1. The van der Waals surface area contributed by atoms with E-state index in [4.69, 9.17) is 20.4 Å². The van der Waals surface area contributed by atoms with Gasteiger partial charge in [-0.1, -0.05) is 0 Å². The number of aryl methyl sites for hydroxylation is 1. The maximum atomic E-state index is 14.9. The molecular weight excluding hydrogens is 582 g/mol. The van der Waals surface area contributed by atoms with Crippen molar-refractivity contribution >= 4 is 33.1 Å². The van der Waals surface area contributed by atoms with E-state index in [0.717, 1.165) is 11.1 Å². The van der Waals surface area contributed by atoms with Crippen molar-refractivity contribution in [3.8, 4) is 21.8 Å². The van der Waals surface area contributed by atoms with E-state index in [1.54, 1.807) is 13.1 Å². The number of rotatable bonds is 6. The van der Waals surface area contributed by atoms with Crippen LogP contribution in [-0.2, 0) is 19.6 Å². The Kier molecular flexibility index (Phi) is 7.65. The number of nitrogen functional groups attached to an aromatic ring is 1. The first-order valence-corrected chi connectivity index (χ1v) is 13.7. The number of sulfonamides is 1. The molecule has 2 aliphatic heterocycles. The summed E-state index contributed by atoms with van der Waals surface area (Å²) in [6.07, 6.45) is -1.31. The predicted octanol–water partition coefficient (Wildman–Crippen LogP) is 2.81. The number of thiazole rings is 1. The molecule has 11 nitrogen and oxygen atoms in total. The monoisotopic (exact) mass is 605 g/mol. The molecule has 1 saturated carbocycles. The minimum Gasteiger partial charge on any atom is -0.475 e. The number of nitrogens with two attached hydrogens (primary N) is 1. The van der Waals surface area contributed by atoms with Gasteiger partial charge in [0.25, 0.3) is 0 Å². The molecule has 0 spiro atoms. The van der Waals surface area contributed by atoms with Gasteiger partial charge >= 0.3 is 12.1 Å². The van der Waals surface area contributed by atoms with Gasteiger partial charge in [0.15, 0.2) is 5.82 Å². The number of aromatic nitrogens is 3. The molecule has 5 N–H and O–H groups in total. The largest absolute Gasteiger partial charge is 0.490 e. The molecule has 0 radical (unpaired) electrons. The number of aliphatic hydroxyl groups is 1. The normalized spacial score (nSPS) is 21.9. The van der Waals surface area contributed by atoms with Crippen LogP contribution in [0.3, 0.4) is 0 Å². The number of hydrogen-bond donors (Lipinski definition) is 4. The molecule has 3 aromatic rings. The third kappa shape index (κ3) is 5.78. The zero-order valence-electron chi connectivity index (χ0n) is 20.9. The lowest BCUT2D eigenvalue weighted by Crippen LogP contribution is -2.60. The highest BCUT2D eigenvalue weighted by Crippen LogP contribution is 2.51. The minimum atomic E-state index is -5.08. The molecular formula is C23H23F4N5O6S2. The van der Waals surface area contributed by atoms with Gasteiger partial charge in [-0.15, -0.1) is 11.3 Å². The van der Waals surface area contributed by atoms with E-state index in [1.165, 1.54) is 23.6 Å². The Hall–Kier alpha value is -3.25. The number of carboxylic acid groups (broad SMARTS) is 1. The highest BCUT2D eigenvalue weighted by atomic mass is 32.2. The fourth-order valence-corrected chi connectivity index (χ4v) is 6.73. The van der Waals surface area contributed by atoms with Crippen molar-refractivity contribution in [2.24, 2.45) is 0 Å². The zero-order valence-corrected chi connectivity index (χ0v) is 22.5. The third-order valence-corrected chi connectivity index (χ3v) is 8.89. The van der Waals surface area contributed by atoms with E-state index in [9.17, 15) is 31.1 Å². The lowest BCUT2D eigenvalue weighted by atomic mass is 9.69. The number of alkyl halides is 3. The number of aliphatic carboxylic acids is 1. The van der Waals surface area contributed by atoms with E-state index in [1.807, 2.05) is 6.92 Å². The molecule has 2 bridgehead atoms. The van der Waals surface area contributed by atoms with Gasteiger partial charge in [0.05, 0.1) is 51.0 Å². The first-order chi connectivity index (χ1) is 18.5. The topological polar surface area (TPSA) is 178 Å². The second-order valence-corrected chi connectivity index (χ2v) is 12.4. The SMILES string of the molecule is Cc1ncc(-c2nc(-c3cc(S(=O)(=O)NC45COC(CO)(C4)C5)cc(F)c3C)cnc2N)s1.O=C(O)C(F)(F)F. The van der Waals surface area contributed by atoms with Crippen molar-refractivity contribution in [1.29, 1.82) is 0 Å². The fourth-order valence-electron chi connectivity index (χ4n) is 4.54. The van der Waals surface area contributed by atoms with E-state index in [2.05, 4.69) is 19.7 Å². The van der Waals surface area contributed by atoms with Crippen molar-refractivity contribution in [3.05, 3.63) is 40.9 Å². The standard InChI is InChI=1S/C21H22FN5O4S2.C2HF3O2/c1-11-14(16-5-25-19(23)18(26-16)17-6-24-12(2)32-17)3-13(4-15(11)22)33(29,30)27-20-7-21(8-20,9-28)31-10-20;3-2(4,5)1(6)7/h3-6,27-28H,7-10H2,1-2H3,(H2,23,25);(H,6,7). The van der Waals surface area contributed by atoms with Gasteiger partial charge in [0.2, 0.25) is 10.0 Å². The smallest absolute Gasteiger partial charge is 0.475 e. The Balaban J connectivity index is 0.000000470. The number of hydrogen-bond acceptors (Lipinski definition) is 10. The molecule has 0 unspecified atom stereocenters. The molecule has 17 heteroatoms. The van der Waals surface area contributed by atoms with Crippen LogP contribution in [0.5, 0.6) is 0 Å². The summed E-state index contributed by atoms with van der Waals surface area (Å²) in [7, 11) is -4.07. The van der Waals surface area contributed by atoms with Gasteiger partial charge in [-0.2, -0.15) is 13.2 Å². The number of ether oxygens (including phenoxy) is 1. The average molecular weight is 606 g/mol. The highest BCUT2D eigenvalue weighted by Gasteiger charge is 2.63. The van der Waals surface area contributed by atoms with Crippen molar-refractivity contribution in [2.75, 3.05) is 18.9 Å². The van der Waals surface area contributed by atoms with Crippen LogP contribution >= 0.6 is 11.3 Å². The number of anilines is 1. The second kappa shape index (κ2) is 10.3. The van der Waals surface area contributed by atoms with Crippen LogP contribution in [0.25, 0.3) is 21.8 Å². The molecule has 2 aromatic heterocycles. The molecule has 2 saturated heterocycles. The Morgan fingerprint density at radius 1 is 1.23 bits per heavy atom. The van der Waals surface area contributed by atoms with Crippen LogP contribution in [0, 0.1) is 19.7 Å². The Morgan fingerprint density at radius 3 is 2.40 bits per heavy atom. The van der Waals surface area contributed by atoms with E-state index in [0.29, 0.717) is 34.7 Å². The quantitative estimate of drug-likeness (QED) is 0.306. The number of carboxylic acids is 1. The number of carbonyl (C=O) groups is 1. The van der Waals surface area contributed by atoms with E-state index in [-0.39, 0.29) is 29.5 Å². The Labute approximate surface area is 229 Å². The summed E-state index contributed by atoms with van der Waals surface area (Å²) < 4.78 is 81.1. The summed E-state index contributed by atoms with van der Waals surface area (Å²) in [5, 5.41) is 17.4. The molecule has 3 fully saturated rings. The third-order valence-electron chi connectivity index (χ3n) is 6.42. The summed E-state index contributed by atoms with van der Waals surface area (Å²) in [6.45, 7) is 3.39. The fraction of sp³-hybridized carbons (Fsp3) is 0.391. The van der Waals surface area contributed by atoms with Crippen LogP contribution in [0.1, 0.15) is 23.4 Å². The maximum Gasteiger partial charge on any atom is 0.490 e. The van der Waals surface area contributed by atoms with Gasteiger partial charge < -0.3 is 20.7 Å². The lowest BCUT2D eigenvalue weighted by Gasteiger charge is -2.43. The van der Waals surface area contributed by atoms with Crippen LogP contribution < -0.4 is 10.5 Å². The summed E-state index contributed by atoms with van der Waals surface area (Å²) in [6, 6.07) is 2.37. The number of benzene rings is 1. The van der Waals surface area contributed by atoms with Crippen molar-refractivity contribution in [2.45, 2.75) is 48.9 Å². The van der Waals surface area contributed by atoms with E-state index >= 15 is 0 Å². The number of nitrogens with one attached hydrogen (secondary N) is 1. The molecule has 0 atom stereocenters. The van der Waals surface area contributed by atoms with Crippen LogP contribution in [0.15, 0.2) is 29.4 Å². The maximum absolute atomic E-state index is 14.9. The summed E-state index contributed by atoms with van der Waals surface area (Å²) in [5.41, 5.74) is 5.77. The Morgan fingerprint density at radius 2 is 1.88 bits per heavy atom. The van der Waals surface area contributed by atoms with Crippen LogP contribution in [-0.4, -0.2) is 70.1 Å². The van der Waals surface area contributed by atoms with Crippen molar-refractivity contribution in [3.63, 3.8) is 0 Å². The molecule has 0 amide bonds. The summed E-state index contributed by atoms with van der Waals surface area (Å²) >= 11 is 1.39. The van der Waals surface area contributed by atoms with Crippen molar-refractivity contribution < 1.29 is 45.7 Å². The minimum absolute atomic E-state index is 0.162. The van der Waals surface area contributed by atoms with Gasteiger partial charge in [0, 0.05) is 24.6 Å². The number of halogens is 4. The van der Waals surface area contributed by atoms with Gasteiger partial charge in [-0.05, 0) is 31.5 Å². The Bertz CT molecular complexity index is 1570.